The van der Waals surface area contributed by atoms with Crippen LogP contribution in [0.2, 0.25) is 0 Å². The summed E-state index contributed by atoms with van der Waals surface area (Å²) in [6.07, 6.45) is -1.83. The van der Waals surface area contributed by atoms with Crippen LogP contribution in [0, 0.1) is 58.2 Å². The third-order valence-electron chi connectivity index (χ3n) is 2.12. The Morgan fingerprint density at radius 1 is 0.500 bits per heavy atom. The monoisotopic (exact) mass is 398 g/mol. The Bertz CT molecular complexity index is 692. The molecule has 2 rings (SSSR count). The average molecular weight is 398 g/mol. The normalized spacial score (nSPS) is 9.62. The van der Waals surface area contributed by atoms with Gasteiger partial charge in [0, 0.05) is 12.1 Å². The van der Waals surface area contributed by atoms with E-state index in [9.17, 15) is 43.9 Å². The Balaban J connectivity index is 0.000000401. The molecule has 13 heteroatoms. The first-order valence-corrected chi connectivity index (χ1v) is 5.70. The van der Waals surface area contributed by atoms with Gasteiger partial charge in [-0.3, -0.25) is 0 Å². The van der Waals surface area contributed by atoms with Crippen molar-refractivity contribution in [2.75, 3.05) is 0 Å². The molecule has 0 heterocycles. The first-order chi connectivity index (χ1) is 11.8. The molecule has 0 saturated carbocycles. The zero-order chi connectivity index (χ0) is 20.8. The van der Waals surface area contributed by atoms with E-state index in [1.165, 1.54) is 0 Å². The van der Waals surface area contributed by atoms with E-state index in [0.29, 0.717) is 0 Å². The lowest BCUT2D eigenvalue weighted by molar-refractivity contribution is 0.137. The second-order valence-corrected chi connectivity index (χ2v) is 3.85. The van der Waals surface area contributed by atoms with Crippen LogP contribution >= 0.6 is 0 Å². The highest BCUT2D eigenvalue weighted by atomic mass is 19.2. The maximum atomic E-state index is 12.0. The molecular weight excluding hydrogens is 394 g/mol. The fourth-order valence-corrected chi connectivity index (χ4v) is 1.09. The summed E-state index contributed by atoms with van der Waals surface area (Å²) in [7, 11) is 0. The number of hydrogen-bond acceptors (Lipinski definition) is 1. The minimum atomic E-state index is -2.14. The lowest BCUT2D eigenvalue weighted by atomic mass is 10.3. The van der Waals surface area contributed by atoms with Gasteiger partial charge in [-0.15, -0.1) is 0 Å². The summed E-state index contributed by atoms with van der Waals surface area (Å²) >= 11 is 0. The largest absolute Gasteiger partial charge is 0.503 e. The Morgan fingerprint density at radius 2 is 0.654 bits per heavy atom. The lowest BCUT2D eigenvalue weighted by Crippen LogP contribution is -1.98. The maximum Gasteiger partial charge on any atom is 0.503 e. The molecule has 0 aliphatic rings. The van der Waals surface area contributed by atoms with Crippen molar-refractivity contribution in [3.63, 3.8) is 0 Å². The summed E-state index contributed by atoms with van der Waals surface area (Å²) in [5, 5.41) is 13.9. The van der Waals surface area contributed by atoms with E-state index in [1.807, 2.05) is 0 Å². The van der Waals surface area contributed by atoms with Crippen LogP contribution in [0.3, 0.4) is 0 Å². The number of carboxylic acid groups (broad SMARTS) is 2. The first kappa shape index (κ1) is 23.0. The van der Waals surface area contributed by atoms with Gasteiger partial charge >= 0.3 is 6.16 Å². The van der Waals surface area contributed by atoms with Crippen LogP contribution < -0.4 is 0 Å². The van der Waals surface area contributed by atoms with Crippen molar-refractivity contribution in [3.05, 3.63) is 70.3 Å². The van der Waals surface area contributed by atoms with E-state index < -0.39 is 64.3 Å². The van der Waals surface area contributed by atoms with E-state index in [2.05, 4.69) is 0 Å². The molecule has 0 radical (unpaired) electrons. The quantitative estimate of drug-likeness (QED) is 0.374. The van der Waals surface area contributed by atoms with Crippen LogP contribution in [0.1, 0.15) is 0 Å². The molecule has 144 valence electrons. The zero-order valence-corrected chi connectivity index (χ0v) is 11.7. The van der Waals surface area contributed by atoms with Gasteiger partial charge in [-0.1, -0.05) is 0 Å². The van der Waals surface area contributed by atoms with Gasteiger partial charge in [-0.2, -0.15) is 0 Å². The molecule has 0 aromatic heterocycles. The number of carbonyl (C=O) groups is 1. The van der Waals surface area contributed by atoms with Crippen LogP contribution in [-0.2, 0) is 0 Å². The summed E-state index contributed by atoms with van der Waals surface area (Å²) in [4.78, 5) is 8.56. The third kappa shape index (κ3) is 6.14. The van der Waals surface area contributed by atoms with Crippen molar-refractivity contribution in [1.29, 1.82) is 0 Å². The molecule has 2 N–H and O–H groups in total. The third-order valence-corrected chi connectivity index (χ3v) is 2.12. The topological polar surface area (TPSA) is 57.5 Å². The molecule has 0 bridgehead atoms. The highest BCUT2D eigenvalue weighted by molar-refractivity contribution is 5.53. The van der Waals surface area contributed by atoms with Crippen molar-refractivity contribution in [3.8, 4) is 0 Å². The molecule has 2 aromatic rings. The van der Waals surface area contributed by atoms with E-state index in [1.54, 1.807) is 0 Å². The highest BCUT2D eigenvalue weighted by Crippen LogP contribution is 2.17. The van der Waals surface area contributed by atoms with Gasteiger partial charge in [-0.25, -0.2) is 48.7 Å². The predicted molar refractivity (Wildman–Crippen MR) is 63.1 cm³/mol. The smallest absolute Gasteiger partial charge is 0.450 e. The SMILES string of the molecule is Fc1cc(F)c(F)c(F)c1F.Fc1cc(F)c(F)c(F)c1F.O=C(O)O. The second-order valence-electron chi connectivity index (χ2n) is 3.85. The fraction of sp³-hybridized carbons (Fsp3) is 0. The first-order valence-electron chi connectivity index (χ1n) is 5.70. The maximum absolute atomic E-state index is 12.0. The summed E-state index contributed by atoms with van der Waals surface area (Å²) in [6, 6.07) is -0.124. The molecular formula is C13H4F10O3. The number of halogens is 10. The highest BCUT2D eigenvalue weighted by Gasteiger charge is 2.19. The molecule has 0 aliphatic heterocycles. The van der Waals surface area contributed by atoms with Gasteiger partial charge in [0.05, 0.1) is 0 Å². The van der Waals surface area contributed by atoms with Gasteiger partial charge < -0.3 is 10.2 Å². The number of benzene rings is 2. The Morgan fingerprint density at radius 3 is 0.808 bits per heavy atom. The summed E-state index contributed by atoms with van der Waals surface area (Å²) in [5.41, 5.74) is 0. The van der Waals surface area contributed by atoms with Crippen LogP contribution in [0.25, 0.3) is 0 Å². The molecule has 0 atom stereocenters. The summed E-state index contributed by atoms with van der Waals surface area (Å²) in [6.45, 7) is 0. The van der Waals surface area contributed by atoms with Gasteiger partial charge in [0.25, 0.3) is 0 Å². The Hall–Kier alpha value is -2.99. The van der Waals surface area contributed by atoms with E-state index in [4.69, 9.17) is 15.0 Å². The lowest BCUT2D eigenvalue weighted by Gasteiger charge is -1.96. The molecule has 26 heavy (non-hydrogen) atoms. The van der Waals surface area contributed by atoms with E-state index >= 15 is 0 Å². The van der Waals surface area contributed by atoms with Crippen LogP contribution in [-0.4, -0.2) is 16.4 Å². The molecule has 0 aliphatic carbocycles. The molecule has 2 aromatic carbocycles. The molecule has 0 spiro atoms. The minimum absolute atomic E-state index is 0.0618. The standard InChI is InChI=1S/2C6HF5.CH2O3/c2*7-2-1-3(8)5(10)6(11)4(2)9;2-1(3)4/h2*1H;(H2,2,3,4). The summed E-state index contributed by atoms with van der Waals surface area (Å²) in [5.74, 6) is -19.3. The van der Waals surface area contributed by atoms with E-state index in [-0.39, 0.29) is 12.1 Å². The van der Waals surface area contributed by atoms with Gasteiger partial charge in [0.15, 0.2) is 46.5 Å². The van der Waals surface area contributed by atoms with Crippen molar-refractivity contribution >= 4 is 6.16 Å². The average Bonchev–Trinajstić information content (AvgIpc) is 2.54. The Kier molecular flexibility index (Phi) is 8.39. The molecule has 3 nitrogen and oxygen atoms in total. The van der Waals surface area contributed by atoms with Crippen molar-refractivity contribution in [2.24, 2.45) is 0 Å². The Labute approximate surface area is 136 Å². The van der Waals surface area contributed by atoms with Crippen molar-refractivity contribution in [2.45, 2.75) is 0 Å². The van der Waals surface area contributed by atoms with Crippen LogP contribution in [0.4, 0.5) is 48.7 Å². The zero-order valence-electron chi connectivity index (χ0n) is 11.7. The molecule has 0 fully saturated rings. The van der Waals surface area contributed by atoms with Gasteiger partial charge in [0.2, 0.25) is 11.6 Å². The minimum Gasteiger partial charge on any atom is -0.450 e. The van der Waals surface area contributed by atoms with Crippen molar-refractivity contribution in [1.82, 2.24) is 0 Å². The number of hydrogen-bond donors (Lipinski definition) is 2. The number of rotatable bonds is 0. The summed E-state index contributed by atoms with van der Waals surface area (Å²) < 4.78 is 120. The predicted octanol–water partition coefficient (Wildman–Crippen LogP) is 4.99. The van der Waals surface area contributed by atoms with Gasteiger partial charge in [-0.05, 0) is 0 Å². The molecule has 0 saturated heterocycles. The fourth-order valence-electron chi connectivity index (χ4n) is 1.09. The molecule has 0 unspecified atom stereocenters. The van der Waals surface area contributed by atoms with Crippen LogP contribution in [0.15, 0.2) is 12.1 Å². The molecule has 0 amide bonds. The van der Waals surface area contributed by atoms with E-state index in [0.717, 1.165) is 0 Å². The van der Waals surface area contributed by atoms with Crippen molar-refractivity contribution < 1.29 is 58.9 Å². The van der Waals surface area contributed by atoms with Crippen LogP contribution in [0.5, 0.6) is 0 Å². The second kappa shape index (κ2) is 9.48. The van der Waals surface area contributed by atoms with Gasteiger partial charge in [0.1, 0.15) is 0 Å².